The Labute approximate surface area is 89.1 Å². The Morgan fingerprint density at radius 1 is 1.20 bits per heavy atom. The topological polar surface area (TPSA) is 69.6 Å². The number of carboxylic acids is 1. The molecule has 5 heteroatoms. The van der Waals surface area contributed by atoms with Gasteiger partial charge in [-0.15, -0.1) is 13.2 Å². The van der Waals surface area contributed by atoms with Gasteiger partial charge in [0.15, 0.2) is 0 Å². The predicted octanol–water partition coefficient (Wildman–Crippen LogP) is -0.139. The molecule has 5 nitrogen and oxygen atoms in total. The fourth-order valence-electron chi connectivity index (χ4n) is 0.978. The van der Waals surface area contributed by atoms with Gasteiger partial charge < -0.3 is 10.0 Å². The highest BCUT2D eigenvalue weighted by molar-refractivity contribution is 5.79. The second-order valence-electron chi connectivity index (χ2n) is 2.87. The summed E-state index contributed by atoms with van der Waals surface area (Å²) in [6.07, 6.45) is 3.22. The van der Waals surface area contributed by atoms with E-state index in [1.165, 1.54) is 4.90 Å². The zero-order valence-electron chi connectivity index (χ0n) is 8.61. The van der Waals surface area contributed by atoms with Gasteiger partial charge in [-0.05, 0) is 0 Å². The van der Waals surface area contributed by atoms with Crippen LogP contribution in [0, 0.1) is 0 Å². The normalized spacial score (nSPS) is 9.33. The summed E-state index contributed by atoms with van der Waals surface area (Å²) >= 11 is 0. The molecule has 1 amide bonds. The van der Waals surface area contributed by atoms with E-state index in [9.17, 15) is 9.59 Å². The molecule has 0 radical (unpaired) electrons. The zero-order valence-corrected chi connectivity index (χ0v) is 8.61. The summed E-state index contributed by atoms with van der Waals surface area (Å²) in [5, 5.41) is 10.9. The lowest BCUT2D eigenvalue weighted by molar-refractivity contribution is -0.136. The summed E-state index contributed by atoms with van der Waals surface area (Å²) in [6.45, 7) is 7.71. The Morgan fingerprint density at radius 2 is 1.73 bits per heavy atom. The highest BCUT2D eigenvalue weighted by Crippen LogP contribution is 1.90. The summed E-state index contributed by atoms with van der Waals surface area (Å²) in [7, 11) is 0. The van der Waals surface area contributed by atoms with Crippen LogP contribution in [0.15, 0.2) is 25.3 Å². The standard InChI is InChI=1S/C10H16N2O3/c1-3-5-12(6-4-2)9(13)7-11-8-10(14)15/h3-4,11H,1-2,5-8H2,(H,14,15). The van der Waals surface area contributed by atoms with Crippen LogP contribution in [0.2, 0.25) is 0 Å². The van der Waals surface area contributed by atoms with Gasteiger partial charge in [0, 0.05) is 13.1 Å². The third kappa shape index (κ3) is 6.45. The fraction of sp³-hybridized carbons (Fsp3) is 0.400. The molecule has 0 aliphatic carbocycles. The number of aliphatic carboxylic acids is 1. The van der Waals surface area contributed by atoms with Gasteiger partial charge in [0.25, 0.3) is 0 Å². The van der Waals surface area contributed by atoms with Crippen molar-refractivity contribution in [2.45, 2.75) is 0 Å². The van der Waals surface area contributed by atoms with Crippen molar-refractivity contribution in [1.82, 2.24) is 10.2 Å². The molecule has 0 aliphatic rings. The van der Waals surface area contributed by atoms with E-state index in [-0.39, 0.29) is 19.0 Å². The first-order valence-corrected chi connectivity index (χ1v) is 4.54. The van der Waals surface area contributed by atoms with Gasteiger partial charge in [0.1, 0.15) is 0 Å². The van der Waals surface area contributed by atoms with Crippen LogP contribution in [0.5, 0.6) is 0 Å². The minimum atomic E-state index is -0.984. The number of carboxylic acid groups (broad SMARTS) is 1. The van der Waals surface area contributed by atoms with Crippen LogP contribution in [-0.4, -0.2) is 48.1 Å². The van der Waals surface area contributed by atoms with Crippen molar-refractivity contribution in [3.63, 3.8) is 0 Å². The number of hydrogen-bond donors (Lipinski definition) is 2. The lowest BCUT2D eigenvalue weighted by Crippen LogP contribution is -2.39. The highest BCUT2D eigenvalue weighted by Gasteiger charge is 2.09. The molecule has 0 unspecified atom stereocenters. The first kappa shape index (κ1) is 13.4. The molecule has 0 saturated heterocycles. The number of amides is 1. The van der Waals surface area contributed by atoms with Crippen molar-refractivity contribution in [1.29, 1.82) is 0 Å². The second kappa shape index (κ2) is 7.75. The molecule has 15 heavy (non-hydrogen) atoms. The minimum Gasteiger partial charge on any atom is -0.480 e. The monoisotopic (exact) mass is 212 g/mol. The molecular formula is C10H16N2O3. The largest absolute Gasteiger partial charge is 0.480 e. The molecule has 0 heterocycles. The van der Waals surface area contributed by atoms with E-state index in [0.717, 1.165) is 0 Å². The number of nitrogens with zero attached hydrogens (tertiary/aromatic N) is 1. The van der Waals surface area contributed by atoms with Gasteiger partial charge in [0.05, 0.1) is 13.1 Å². The van der Waals surface area contributed by atoms with Crippen molar-refractivity contribution in [3.05, 3.63) is 25.3 Å². The summed E-state index contributed by atoms with van der Waals surface area (Å²) in [6, 6.07) is 0. The van der Waals surface area contributed by atoms with Gasteiger partial charge >= 0.3 is 5.97 Å². The molecular weight excluding hydrogens is 196 g/mol. The highest BCUT2D eigenvalue weighted by atomic mass is 16.4. The van der Waals surface area contributed by atoms with Gasteiger partial charge in [-0.25, -0.2) is 0 Å². The number of carbonyl (C=O) groups excluding carboxylic acids is 1. The van der Waals surface area contributed by atoms with Crippen LogP contribution < -0.4 is 5.32 Å². The van der Waals surface area contributed by atoms with Crippen LogP contribution in [0.3, 0.4) is 0 Å². The van der Waals surface area contributed by atoms with E-state index in [1.807, 2.05) is 0 Å². The lowest BCUT2D eigenvalue weighted by atomic mass is 10.4. The van der Waals surface area contributed by atoms with Crippen LogP contribution in [0.4, 0.5) is 0 Å². The van der Waals surface area contributed by atoms with E-state index in [4.69, 9.17) is 5.11 Å². The molecule has 0 aromatic heterocycles. The lowest BCUT2D eigenvalue weighted by Gasteiger charge is -2.19. The van der Waals surface area contributed by atoms with E-state index in [1.54, 1.807) is 12.2 Å². The number of rotatable bonds is 8. The summed E-state index contributed by atoms with van der Waals surface area (Å²) in [4.78, 5) is 23.2. The minimum absolute atomic E-state index is 0.00792. The van der Waals surface area contributed by atoms with Gasteiger partial charge in [-0.2, -0.15) is 0 Å². The van der Waals surface area contributed by atoms with E-state index >= 15 is 0 Å². The molecule has 0 aromatic rings. The van der Waals surface area contributed by atoms with Crippen LogP contribution in [0.1, 0.15) is 0 Å². The van der Waals surface area contributed by atoms with Gasteiger partial charge in [-0.1, -0.05) is 12.2 Å². The summed E-state index contributed by atoms with van der Waals surface area (Å²) in [5.41, 5.74) is 0. The van der Waals surface area contributed by atoms with Crippen molar-refractivity contribution < 1.29 is 14.7 Å². The predicted molar refractivity (Wildman–Crippen MR) is 57.5 cm³/mol. The Balaban J connectivity index is 3.95. The zero-order chi connectivity index (χ0) is 11.7. The SMILES string of the molecule is C=CCN(CC=C)C(=O)CNCC(=O)O. The Hall–Kier alpha value is -1.62. The smallest absolute Gasteiger partial charge is 0.317 e. The van der Waals surface area contributed by atoms with Crippen molar-refractivity contribution in [2.75, 3.05) is 26.2 Å². The molecule has 0 atom stereocenters. The Bertz CT molecular complexity index is 241. The number of nitrogens with one attached hydrogen (secondary N) is 1. The van der Waals surface area contributed by atoms with Crippen molar-refractivity contribution >= 4 is 11.9 Å². The molecule has 0 fully saturated rings. The van der Waals surface area contributed by atoms with Gasteiger partial charge in [0.2, 0.25) is 5.91 Å². The summed E-state index contributed by atoms with van der Waals surface area (Å²) in [5.74, 6) is -1.15. The van der Waals surface area contributed by atoms with E-state index in [0.29, 0.717) is 13.1 Å². The first-order chi connectivity index (χ1) is 7.11. The molecule has 0 aromatic carbocycles. The molecule has 2 N–H and O–H groups in total. The Morgan fingerprint density at radius 3 is 2.13 bits per heavy atom. The van der Waals surface area contributed by atoms with Crippen molar-refractivity contribution in [2.24, 2.45) is 0 Å². The van der Waals surface area contributed by atoms with Crippen LogP contribution in [0.25, 0.3) is 0 Å². The Kier molecular flexibility index (Phi) is 6.92. The molecule has 0 bridgehead atoms. The molecule has 0 rings (SSSR count). The maximum atomic E-state index is 11.5. The quantitative estimate of drug-likeness (QED) is 0.549. The van der Waals surface area contributed by atoms with E-state index < -0.39 is 5.97 Å². The molecule has 0 aliphatic heterocycles. The van der Waals surface area contributed by atoms with Gasteiger partial charge in [-0.3, -0.25) is 14.9 Å². The maximum absolute atomic E-state index is 11.5. The van der Waals surface area contributed by atoms with Crippen molar-refractivity contribution in [3.8, 4) is 0 Å². The second-order valence-corrected chi connectivity index (χ2v) is 2.87. The summed E-state index contributed by atoms with van der Waals surface area (Å²) < 4.78 is 0. The number of hydrogen-bond acceptors (Lipinski definition) is 3. The van der Waals surface area contributed by atoms with E-state index in [2.05, 4.69) is 18.5 Å². The first-order valence-electron chi connectivity index (χ1n) is 4.54. The maximum Gasteiger partial charge on any atom is 0.317 e. The molecule has 0 saturated carbocycles. The third-order valence-corrected chi connectivity index (χ3v) is 1.60. The average Bonchev–Trinajstić information content (AvgIpc) is 2.16. The third-order valence-electron chi connectivity index (χ3n) is 1.60. The molecule has 0 spiro atoms. The molecule has 84 valence electrons. The number of carbonyl (C=O) groups is 2. The van der Waals surface area contributed by atoms with Crippen LogP contribution >= 0.6 is 0 Å². The fourth-order valence-corrected chi connectivity index (χ4v) is 0.978. The van der Waals surface area contributed by atoms with Crippen LogP contribution in [-0.2, 0) is 9.59 Å². The average molecular weight is 212 g/mol.